The van der Waals surface area contributed by atoms with Gasteiger partial charge in [0.05, 0.1) is 0 Å². The van der Waals surface area contributed by atoms with Gasteiger partial charge in [-0.15, -0.1) is 0 Å². The van der Waals surface area contributed by atoms with Crippen LogP contribution in [0.5, 0.6) is 0 Å². The number of carbonyl (C=O) groups is 1. The molecule has 0 saturated carbocycles. The van der Waals surface area contributed by atoms with E-state index in [2.05, 4.69) is 23.9 Å². The molecule has 0 radical (unpaired) electrons. The quantitative estimate of drug-likeness (QED) is 0.622. The van der Waals surface area contributed by atoms with Crippen LogP contribution in [-0.4, -0.2) is 55.4 Å². The maximum absolute atomic E-state index is 10.8. The smallest absolute Gasteiger partial charge is 0.129 e. The first-order chi connectivity index (χ1) is 7.09. The van der Waals surface area contributed by atoms with E-state index in [-0.39, 0.29) is 0 Å². The average molecular weight is 212 g/mol. The predicted octanol–water partition coefficient (Wildman–Crippen LogP) is 1.38. The highest BCUT2D eigenvalue weighted by molar-refractivity contribution is 5.75. The first kappa shape index (κ1) is 12.7. The van der Waals surface area contributed by atoms with Gasteiger partial charge in [-0.05, 0) is 53.4 Å². The van der Waals surface area contributed by atoms with Crippen LogP contribution in [0.2, 0.25) is 0 Å². The lowest BCUT2D eigenvalue weighted by atomic mass is 10.2. The third-order valence-corrected chi connectivity index (χ3v) is 3.23. The van der Waals surface area contributed by atoms with Gasteiger partial charge in [-0.3, -0.25) is 0 Å². The molecule has 1 saturated heterocycles. The van der Waals surface area contributed by atoms with Gasteiger partial charge >= 0.3 is 0 Å². The normalized spacial score (nSPS) is 22.5. The summed E-state index contributed by atoms with van der Waals surface area (Å²) in [6.07, 6.45) is 4.27. The summed E-state index contributed by atoms with van der Waals surface area (Å²) >= 11 is 0. The first-order valence-corrected chi connectivity index (χ1v) is 5.98. The fourth-order valence-corrected chi connectivity index (χ4v) is 2.15. The van der Waals surface area contributed by atoms with Crippen molar-refractivity contribution in [2.45, 2.75) is 38.6 Å². The Kier molecular flexibility index (Phi) is 5.26. The van der Waals surface area contributed by atoms with Gasteiger partial charge in [0.1, 0.15) is 5.78 Å². The maximum atomic E-state index is 10.8. The third kappa shape index (κ3) is 4.76. The molecule has 0 bridgehead atoms. The van der Waals surface area contributed by atoms with E-state index in [1.165, 1.54) is 25.9 Å². The van der Waals surface area contributed by atoms with Crippen molar-refractivity contribution in [3.8, 4) is 0 Å². The molecule has 0 N–H and O–H groups in total. The second-order valence-electron chi connectivity index (χ2n) is 4.87. The zero-order valence-corrected chi connectivity index (χ0v) is 10.3. The van der Waals surface area contributed by atoms with Crippen LogP contribution in [0, 0.1) is 0 Å². The molecular formula is C12H24N2O. The molecular weight excluding hydrogens is 188 g/mol. The number of rotatable bonds is 6. The van der Waals surface area contributed by atoms with Crippen LogP contribution < -0.4 is 0 Å². The predicted molar refractivity (Wildman–Crippen MR) is 63.1 cm³/mol. The Balaban J connectivity index is 2.06. The SMILES string of the molecule is CC(=O)CCCCN1CCC(N(C)C)C1. The number of Topliss-reactive ketones (excluding diaryl/α,β-unsaturated/α-hetero) is 1. The van der Waals surface area contributed by atoms with Crippen LogP contribution in [0.4, 0.5) is 0 Å². The van der Waals surface area contributed by atoms with E-state index >= 15 is 0 Å². The molecule has 0 aliphatic carbocycles. The number of carbonyl (C=O) groups excluding carboxylic acids is 1. The van der Waals surface area contributed by atoms with Crippen LogP contribution in [0.15, 0.2) is 0 Å². The summed E-state index contributed by atoms with van der Waals surface area (Å²) in [5, 5.41) is 0. The molecule has 0 spiro atoms. The number of nitrogens with zero attached hydrogens (tertiary/aromatic N) is 2. The van der Waals surface area contributed by atoms with E-state index in [4.69, 9.17) is 0 Å². The number of unbranched alkanes of at least 4 members (excludes halogenated alkanes) is 1. The van der Waals surface area contributed by atoms with E-state index in [1.54, 1.807) is 6.92 Å². The van der Waals surface area contributed by atoms with E-state index in [0.717, 1.165) is 25.4 Å². The van der Waals surface area contributed by atoms with Crippen molar-refractivity contribution in [2.75, 3.05) is 33.7 Å². The highest BCUT2D eigenvalue weighted by atomic mass is 16.1. The molecule has 1 aliphatic heterocycles. The Morgan fingerprint density at radius 1 is 1.40 bits per heavy atom. The Morgan fingerprint density at radius 3 is 2.67 bits per heavy atom. The molecule has 1 atom stereocenters. The zero-order valence-electron chi connectivity index (χ0n) is 10.3. The maximum Gasteiger partial charge on any atom is 0.129 e. The molecule has 1 rings (SSSR count). The largest absolute Gasteiger partial charge is 0.305 e. The molecule has 1 heterocycles. The number of likely N-dealkylation sites (N-methyl/N-ethyl adjacent to an activating group) is 1. The molecule has 0 aromatic rings. The van der Waals surface area contributed by atoms with Gasteiger partial charge in [0, 0.05) is 19.0 Å². The highest BCUT2D eigenvalue weighted by Crippen LogP contribution is 2.13. The average Bonchev–Trinajstić information content (AvgIpc) is 2.60. The van der Waals surface area contributed by atoms with Crippen molar-refractivity contribution >= 4 is 5.78 Å². The molecule has 0 aromatic heterocycles. The number of hydrogen-bond donors (Lipinski definition) is 0. The van der Waals surface area contributed by atoms with Gasteiger partial charge in [0.2, 0.25) is 0 Å². The Hall–Kier alpha value is -0.410. The molecule has 15 heavy (non-hydrogen) atoms. The minimum Gasteiger partial charge on any atom is -0.305 e. The summed E-state index contributed by atoms with van der Waals surface area (Å²) in [7, 11) is 4.31. The Labute approximate surface area is 93.4 Å². The van der Waals surface area contributed by atoms with Gasteiger partial charge in [-0.25, -0.2) is 0 Å². The lowest BCUT2D eigenvalue weighted by Crippen LogP contribution is -2.31. The first-order valence-electron chi connectivity index (χ1n) is 5.98. The molecule has 1 aliphatic rings. The van der Waals surface area contributed by atoms with Crippen LogP contribution in [0.3, 0.4) is 0 Å². The third-order valence-electron chi connectivity index (χ3n) is 3.23. The molecule has 1 unspecified atom stereocenters. The second kappa shape index (κ2) is 6.23. The highest BCUT2D eigenvalue weighted by Gasteiger charge is 2.22. The number of hydrogen-bond acceptors (Lipinski definition) is 3. The molecule has 0 amide bonds. The van der Waals surface area contributed by atoms with Crippen molar-refractivity contribution in [3.05, 3.63) is 0 Å². The molecule has 3 heteroatoms. The van der Waals surface area contributed by atoms with E-state index in [9.17, 15) is 4.79 Å². The monoisotopic (exact) mass is 212 g/mol. The summed E-state index contributed by atoms with van der Waals surface area (Å²) in [5.74, 6) is 0.322. The van der Waals surface area contributed by atoms with Crippen molar-refractivity contribution in [3.63, 3.8) is 0 Å². The van der Waals surface area contributed by atoms with Crippen LogP contribution >= 0.6 is 0 Å². The fraction of sp³-hybridized carbons (Fsp3) is 0.917. The van der Waals surface area contributed by atoms with Crippen molar-refractivity contribution < 1.29 is 4.79 Å². The lowest BCUT2D eigenvalue weighted by molar-refractivity contribution is -0.117. The Morgan fingerprint density at radius 2 is 2.13 bits per heavy atom. The summed E-state index contributed by atoms with van der Waals surface area (Å²) in [6, 6.07) is 0.734. The summed E-state index contributed by atoms with van der Waals surface area (Å²) in [5.41, 5.74) is 0. The molecule has 0 aromatic carbocycles. The number of likely N-dealkylation sites (tertiary alicyclic amines) is 1. The topological polar surface area (TPSA) is 23.6 Å². The summed E-state index contributed by atoms with van der Waals surface area (Å²) in [4.78, 5) is 15.6. The van der Waals surface area contributed by atoms with E-state index in [1.807, 2.05) is 0 Å². The zero-order chi connectivity index (χ0) is 11.3. The minimum atomic E-state index is 0.322. The van der Waals surface area contributed by atoms with Gasteiger partial charge in [-0.2, -0.15) is 0 Å². The van der Waals surface area contributed by atoms with Gasteiger partial charge in [0.25, 0.3) is 0 Å². The van der Waals surface area contributed by atoms with E-state index in [0.29, 0.717) is 5.78 Å². The lowest BCUT2D eigenvalue weighted by Gasteiger charge is -2.20. The van der Waals surface area contributed by atoms with E-state index < -0.39 is 0 Å². The van der Waals surface area contributed by atoms with Crippen LogP contribution in [-0.2, 0) is 4.79 Å². The van der Waals surface area contributed by atoms with Crippen LogP contribution in [0.25, 0.3) is 0 Å². The Bertz CT molecular complexity index is 204. The fourth-order valence-electron chi connectivity index (χ4n) is 2.15. The van der Waals surface area contributed by atoms with Gasteiger partial charge < -0.3 is 14.6 Å². The van der Waals surface area contributed by atoms with Crippen LogP contribution in [0.1, 0.15) is 32.6 Å². The van der Waals surface area contributed by atoms with Crippen molar-refractivity contribution in [1.82, 2.24) is 9.80 Å². The van der Waals surface area contributed by atoms with Gasteiger partial charge in [-0.1, -0.05) is 0 Å². The summed E-state index contributed by atoms with van der Waals surface area (Å²) < 4.78 is 0. The molecule has 88 valence electrons. The number of ketones is 1. The van der Waals surface area contributed by atoms with Gasteiger partial charge in [0.15, 0.2) is 0 Å². The standard InChI is InChI=1S/C12H24N2O/c1-11(15)6-4-5-8-14-9-7-12(10-14)13(2)3/h12H,4-10H2,1-3H3. The molecule has 3 nitrogen and oxygen atoms in total. The van der Waals surface area contributed by atoms with Crippen molar-refractivity contribution in [2.24, 2.45) is 0 Å². The van der Waals surface area contributed by atoms with Crippen molar-refractivity contribution in [1.29, 1.82) is 0 Å². The summed E-state index contributed by atoms with van der Waals surface area (Å²) in [6.45, 7) is 5.27. The second-order valence-corrected chi connectivity index (χ2v) is 4.87. The minimum absolute atomic E-state index is 0.322. The molecule has 1 fully saturated rings.